The first kappa shape index (κ1) is 29.1. The molecule has 44 heavy (non-hydrogen) atoms. The molecule has 0 bridgehead atoms. The lowest BCUT2D eigenvalue weighted by atomic mass is 9.83. The molecule has 220 valence electrons. The molecule has 10 heteroatoms. The van der Waals surface area contributed by atoms with Crippen LogP contribution in [-0.2, 0) is 6.61 Å². The first-order valence-corrected chi connectivity index (χ1v) is 14.8. The highest BCUT2D eigenvalue weighted by Crippen LogP contribution is 2.45. The Morgan fingerprint density at radius 2 is 1.84 bits per heavy atom. The van der Waals surface area contributed by atoms with Crippen molar-refractivity contribution in [3.8, 4) is 29.1 Å². The van der Waals surface area contributed by atoms with Crippen molar-refractivity contribution in [2.24, 2.45) is 5.73 Å². The maximum absolute atomic E-state index is 13.3. The number of nitrogens with two attached hydrogens (primary N) is 1. The van der Waals surface area contributed by atoms with E-state index >= 15 is 0 Å². The van der Waals surface area contributed by atoms with E-state index in [1.54, 1.807) is 42.5 Å². The Kier molecular flexibility index (Phi) is 8.11. The van der Waals surface area contributed by atoms with Crippen molar-refractivity contribution in [2.45, 2.75) is 19.4 Å². The lowest BCUT2D eigenvalue weighted by Crippen LogP contribution is -2.21. The number of nitrogens with zero attached hydrogens (tertiary/aromatic N) is 1. The predicted molar refractivity (Wildman–Crippen MR) is 166 cm³/mol. The molecule has 0 aliphatic carbocycles. The molecule has 1 aliphatic rings. The maximum atomic E-state index is 13.3. The number of ether oxygens (including phenoxy) is 4. The fourth-order valence-corrected chi connectivity index (χ4v) is 6.36. The Labute approximate surface area is 261 Å². The molecule has 0 saturated heterocycles. The highest BCUT2D eigenvalue weighted by atomic mass is 35.5. The van der Waals surface area contributed by atoms with Gasteiger partial charge in [-0.2, -0.15) is 5.26 Å². The van der Waals surface area contributed by atoms with E-state index < -0.39 is 11.9 Å². The van der Waals surface area contributed by atoms with Crippen LogP contribution in [0.4, 0.5) is 4.39 Å². The van der Waals surface area contributed by atoms with E-state index in [1.807, 2.05) is 37.3 Å². The first-order chi connectivity index (χ1) is 21.4. The molecule has 0 amide bonds. The van der Waals surface area contributed by atoms with Crippen molar-refractivity contribution in [3.05, 3.63) is 129 Å². The highest BCUT2D eigenvalue weighted by Gasteiger charge is 2.32. The monoisotopic (exact) mass is 626 g/mol. The van der Waals surface area contributed by atoms with Crippen LogP contribution in [0.1, 0.15) is 39.2 Å². The molecule has 0 fully saturated rings. The number of thiophene rings is 1. The van der Waals surface area contributed by atoms with Gasteiger partial charge in [-0.1, -0.05) is 54.1 Å². The molecule has 2 heterocycles. The van der Waals surface area contributed by atoms with Crippen molar-refractivity contribution < 1.29 is 28.1 Å². The molecule has 2 N–H and O–H groups in total. The molecule has 1 aliphatic heterocycles. The minimum Gasteiger partial charge on any atom is -0.490 e. The van der Waals surface area contributed by atoms with E-state index in [0.717, 1.165) is 15.6 Å². The molecule has 5 aromatic rings. The van der Waals surface area contributed by atoms with Gasteiger partial charge < -0.3 is 24.7 Å². The number of allylic oxidation sites excluding steroid dienone is 1. The number of benzene rings is 4. The lowest BCUT2D eigenvalue weighted by molar-refractivity contribution is 0.0739. The Bertz CT molecular complexity index is 1970. The minimum absolute atomic E-state index is 0.0596. The van der Waals surface area contributed by atoms with Gasteiger partial charge in [-0.25, -0.2) is 9.18 Å². The topological polar surface area (TPSA) is 104 Å². The molecule has 1 atom stereocenters. The number of hydrogen-bond donors (Lipinski definition) is 1. The summed E-state index contributed by atoms with van der Waals surface area (Å²) in [6, 6.07) is 26.0. The van der Waals surface area contributed by atoms with Crippen molar-refractivity contribution in [1.29, 1.82) is 5.26 Å². The maximum Gasteiger partial charge on any atom is 0.355 e. The molecule has 0 radical (unpaired) electrons. The molecule has 4 aromatic carbocycles. The van der Waals surface area contributed by atoms with Crippen LogP contribution in [0.3, 0.4) is 0 Å². The van der Waals surface area contributed by atoms with E-state index in [0.29, 0.717) is 44.9 Å². The van der Waals surface area contributed by atoms with Crippen molar-refractivity contribution >= 4 is 39.0 Å². The molecule has 0 saturated carbocycles. The van der Waals surface area contributed by atoms with Gasteiger partial charge in [-0.3, -0.25) is 0 Å². The summed E-state index contributed by atoms with van der Waals surface area (Å²) >= 11 is 7.73. The minimum atomic E-state index is -0.595. The van der Waals surface area contributed by atoms with Gasteiger partial charge in [0.2, 0.25) is 5.88 Å². The number of esters is 1. The Morgan fingerprint density at radius 3 is 2.59 bits per heavy atom. The molecule has 0 spiro atoms. The molecule has 7 nitrogen and oxygen atoms in total. The van der Waals surface area contributed by atoms with Gasteiger partial charge in [0.05, 0.1) is 17.5 Å². The lowest BCUT2D eigenvalue weighted by Gasteiger charge is -2.27. The molecular formula is C34H24ClFN2O5S. The van der Waals surface area contributed by atoms with Crippen LogP contribution in [-0.4, -0.2) is 12.6 Å². The number of hydrogen-bond acceptors (Lipinski definition) is 8. The van der Waals surface area contributed by atoms with Crippen molar-refractivity contribution in [3.63, 3.8) is 0 Å². The summed E-state index contributed by atoms with van der Waals surface area (Å²) in [5.41, 5.74) is 8.60. The number of rotatable bonds is 8. The molecular weight excluding hydrogens is 603 g/mol. The van der Waals surface area contributed by atoms with Crippen molar-refractivity contribution in [2.75, 3.05) is 6.61 Å². The molecule has 1 aromatic heterocycles. The average Bonchev–Trinajstić information content (AvgIpc) is 3.37. The van der Waals surface area contributed by atoms with Crippen LogP contribution in [0.5, 0.6) is 23.0 Å². The second-order valence-electron chi connectivity index (χ2n) is 9.81. The predicted octanol–water partition coefficient (Wildman–Crippen LogP) is 8.11. The van der Waals surface area contributed by atoms with Crippen LogP contribution in [0.25, 0.3) is 10.1 Å². The summed E-state index contributed by atoms with van der Waals surface area (Å²) in [4.78, 5) is 13.3. The summed E-state index contributed by atoms with van der Waals surface area (Å²) in [5.74, 6) is -0.0283. The molecule has 6 rings (SSSR count). The molecule has 1 unspecified atom stereocenters. The summed E-state index contributed by atoms with van der Waals surface area (Å²) in [5, 5.41) is 11.1. The third-order valence-corrected chi connectivity index (χ3v) is 8.69. The number of halogens is 2. The average molecular weight is 627 g/mol. The number of nitriles is 1. The summed E-state index contributed by atoms with van der Waals surface area (Å²) < 4.78 is 37.5. The van der Waals surface area contributed by atoms with Gasteiger partial charge in [0.15, 0.2) is 11.5 Å². The zero-order valence-corrected chi connectivity index (χ0v) is 24.9. The Balaban J connectivity index is 1.29. The van der Waals surface area contributed by atoms with Gasteiger partial charge in [-0.05, 0) is 54.4 Å². The van der Waals surface area contributed by atoms with Gasteiger partial charge in [0, 0.05) is 21.7 Å². The second kappa shape index (κ2) is 12.3. The standard InChI is InChI=1S/C34H24ClFN2O5S/c1-2-40-28-15-20(9-14-26(28)41-18-19-7-10-21(36)11-8-19)30-23-13-12-22(16-27(23)43-33(38)25(30)17-37)42-34(39)32-31(35)24-5-3-4-6-29(24)44-32/h3-16,30H,2,18,38H2,1H3. The smallest absolute Gasteiger partial charge is 0.355 e. The van der Waals surface area contributed by atoms with E-state index in [-0.39, 0.29) is 29.6 Å². The summed E-state index contributed by atoms with van der Waals surface area (Å²) in [6.07, 6.45) is 0. The number of carbonyl (C=O) groups excluding carboxylic acids is 1. The van der Waals surface area contributed by atoms with Gasteiger partial charge in [0.1, 0.15) is 40.4 Å². The third kappa shape index (κ3) is 5.65. The van der Waals surface area contributed by atoms with E-state index in [4.69, 9.17) is 36.3 Å². The Hall–Kier alpha value is -5.04. The van der Waals surface area contributed by atoms with Crippen LogP contribution < -0.4 is 24.7 Å². The van der Waals surface area contributed by atoms with Gasteiger partial charge in [-0.15, -0.1) is 11.3 Å². The number of carbonyl (C=O) groups is 1. The quantitative estimate of drug-likeness (QED) is 0.137. The van der Waals surface area contributed by atoms with Crippen LogP contribution >= 0.6 is 22.9 Å². The fraction of sp³-hybridized carbons (Fsp3) is 0.118. The Morgan fingerprint density at radius 1 is 1.05 bits per heavy atom. The summed E-state index contributed by atoms with van der Waals surface area (Å²) in [6.45, 7) is 2.44. The van der Waals surface area contributed by atoms with Gasteiger partial charge in [0.25, 0.3) is 0 Å². The van der Waals surface area contributed by atoms with Gasteiger partial charge >= 0.3 is 5.97 Å². The fourth-order valence-electron chi connectivity index (χ4n) is 4.97. The van der Waals surface area contributed by atoms with E-state index in [1.165, 1.54) is 23.5 Å². The highest BCUT2D eigenvalue weighted by molar-refractivity contribution is 7.21. The number of fused-ring (bicyclic) bond motifs is 2. The van der Waals surface area contributed by atoms with Crippen LogP contribution in [0.15, 0.2) is 96.4 Å². The zero-order chi connectivity index (χ0) is 30.8. The van der Waals surface area contributed by atoms with Crippen LogP contribution in [0.2, 0.25) is 5.02 Å². The largest absolute Gasteiger partial charge is 0.490 e. The van der Waals surface area contributed by atoms with Crippen molar-refractivity contribution in [1.82, 2.24) is 0 Å². The third-order valence-electron chi connectivity index (χ3n) is 7.03. The zero-order valence-electron chi connectivity index (χ0n) is 23.3. The SMILES string of the molecule is CCOc1cc(C2C(C#N)=C(N)Oc3cc(OC(=O)c4sc5ccccc5c4Cl)ccc32)ccc1OCc1ccc(F)cc1. The second-order valence-corrected chi connectivity index (χ2v) is 11.2. The normalized spacial score (nSPS) is 14.0. The first-order valence-electron chi connectivity index (χ1n) is 13.6. The van der Waals surface area contributed by atoms with Crippen LogP contribution in [0, 0.1) is 17.1 Å². The summed E-state index contributed by atoms with van der Waals surface area (Å²) in [7, 11) is 0. The van der Waals surface area contributed by atoms with E-state index in [9.17, 15) is 14.4 Å². The van der Waals surface area contributed by atoms with E-state index in [2.05, 4.69) is 6.07 Å².